The van der Waals surface area contributed by atoms with Crippen LogP contribution in [0.2, 0.25) is 0 Å². The Balaban J connectivity index is 1.55. The van der Waals surface area contributed by atoms with Gasteiger partial charge in [0.1, 0.15) is 0 Å². The molecule has 2 aromatic carbocycles. The number of amides is 1. The lowest BCUT2D eigenvalue weighted by Gasteiger charge is -2.32. The molecular formula is C26H31N3O. The molecule has 1 aromatic heterocycles. The molecule has 1 aliphatic rings. The van der Waals surface area contributed by atoms with Crippen molar-refractivity contribution in [3.63, 3.8) is 0 Å². The Morgan fingerprint density at radius 3 is 2.67 bits per heavy atom. The summed E-state index contributed by atoms with van der Waals surface area (Å²) in [6.07, 6.45) is 4.89. The molecule has 0 radical (unpaired) electrons. The van der Waals surface area contributed by atoms with Gasteiger partial charge in [0.15, 0.2) is 0 Å². The van der Waals surface area contributed by atoms with Crippen LogP contribution in [0.3, 0.4) is 0 Å². The zero-order valence-electron chi connectivity index (χ0n) is 18.5. The maximum Gasteiger partial charge on any atom is 0.229 e. The van der Waals surface area contributed by atoms with Crippen LogP contribution in [0.5, 0.6) is 0 Å². The number of aromatic nitrogens is 2. The number of hydrogen-bond acceptors (Lipinski definition) is 2. The van der Waals surface area contributed by atoms with Gasteiger partial charge < -0.3 is 9.47 Å². The van der Waals surface area contributed by atoms with Crippen molar-refractivity contribution in [2.75, 3.05) is 11.4 Å². The first kappa shape index (κ1) is 20.4. The van der Waals surface area contributed by atoms with Crippen molar-refractivity contribution >= 4 is 11.6 Å². The highest BCUT2D eigenvalue weighted by atomic mass is 16.2. The minimum Gasteiger partial charge on any atom is -0.330 e. The molecule has 0 aliphatic carbocycles. The number of hydrogen-bond donors (Lipinski definition) is 0. The van der Waals surface area contributed by atoms with E-state index in [1.54, 1.807) is 0 Å². The van der Waals surface area contributed by atoms with E-state index < -0.39 is 0 Å². The van der Waals surface area contributed by atoms with Crippen LogP contribution in [0.25, 0.3) is 0 Å². The Hall–Kier alpha value is -2.88. The topological polar surface area (TPSA) is 38.1 Å². The van der Waals surface area contributed by atoms with E-state index in [4.69, 9.17) is 0 Å². The van der Waals surface area contributed by atoms with Crippen LogP contribution in [0.15, 0.2) is 48.8 Å². The molecule has 1 unspecified atom stereocenters. The lowest BCUT2D eigenvalue weighted by Crippen LogP contribution is -2.40. The lowest BCUT2D eigenvalue weighted by molar-refractivity contribution is -0.123. The smallest absolute Gasteiger partial charge is 0.229 e. The molecule has 4 rings (SSSR count). The van der Waals surface area contributed by atoms with E-state index in [0.29, 0.717) is 0 Å². The summed E-state index contributed by atoms with van der Waals surface area (Å²) < 4.78 is 2.25. The minimum atomic E-state index is 0.121. The van der Waals surface area contributed by atoms with Crippen molar-refractivity contribution in [1.82, 2.24) is 9.55 Å². The number of anilines is 1. The van der Waals surface area contributed by atoms with Crippen molar-refractivity contribution in [1.29, 1.82) is 0 Å². The standard InChI is InChI=1S/C26H31N3O/c1-18-7-5-9-22(13-18)15-25-21(4)27-17-28(25)16-23-10-11-24(20(3)14-23)29-12-6-8-19(2)26(29)30/h5,7,9-11,13-14,17,19H,6,8,12,15-16H2,1-4H3. The third-order valence-corrected chi connectivity index (χ3v) is 6.22. The van der Waals surface area contributed by atoms with Crippen LogP contribution in [0.4, 0.5) is 5.69 Å². The monoisotopic (exact) mass is 401 g/mol. The van der Waals surface area contributed by atoms with Gasteiger partial charge in [0.05, 0.1) is 12.0 Å². The average Bonchev–Trinajstić information content (AvgIpc) is 3.04. The number of carbonyl (C=O) groups excluding carboxylic acids is 1. The molecule has 0 spiro atoms. The van der Waals surface area contributed by atoms with Gasteiger partial charge in [0, 0.05) is 36.8 Å². The van der Waals surface area contributed by atoms with Crippen molar-refractivity contribution in [3.8, 4) is 0 Å². The summed E-state index contributed by atoms with van der Waals surface area (Å²) in [5.41, 5.74) is 8.37. The van der Waals surface area contributed by atoms with Crippen LogP contribution in [0.1, 0.15) is 53.4 Å². The second-order valence-electron chi connectivity index (χ2n) is 8.72. The summed E-state index contributed by atoms with van der Waals surface area (Å²) in [6, 6.07) is 15.2. The average molecular weight is 402 g/mol. The first-order valence-electron chi connectivity index (χ1n) is 10.9. The molecule has 0 saturated carbocycles. The summed E-state index contributed by atoms with van der Waals surface area (Å²) in [7, 11) is 0. The first-order valence-corrected chi connectivity index (χ1v) is 10.9. The summed E-state index contributed by atoms with van der Waals surface area (Å²) >= 11 is 0. The van der Waals surface area contributed by atoms with Crippen LogP contribution in [0, 0.1) is 26.7 Å². The highest BCUT2D eigenvalue weighted by Gasteiger charge is 2.27. The van der Waals surface area contributed by atoms with Crippen LogP contribution >= 0.6 is 0 Å². The molecule has 2 heterocycles. The Kier molecular flexibility index (Phi) is 5.76. The molecular weight excluding hydrogens is 370 g/mol. The van der Waals surface area contributed by atoms with E-state index >= 15 is 0 Å². The van der Waals surface area contributed by atoms with Crippen molar-refractivity contribution in [2.24, 2.45) is 5.92 Å². The van der Waals surface area contributed by atoms with Gasteiger partial charge in [-0.05, 0) is 56.4 Å². The van der Waals surface area contributed by atoms with Crippen molar-refractivity contribution < 1.29 is 4.79 Å². The molecule has 0 N–H and O–H groups in total. The third kappa shape index (κ3) is 4.18. The maximum absolute atomic E-state index is 12.6. The molecule has 1 aliphatic heterocycles. The Labute approximate surface area is 179 Å². The second-order valence-corrected chi connectivity index (χ2v) is 8.72. The number of nitrogens with zero attached hydrogens (tertiary/aromatic N) is 3. The Bertz CT molecular complexity index is 1070. The zero-order valence-corrected chi connectivity index (χ0v) is 18.5. The fourth-order valence-corrected chi connectivity index (χ4v) is 4.50. The van der Waals surface area contributed by atoms with Crippen LogP contribution < -0.4 is 4.90 Å². The van der Waals surface area contributed by atoms with Crippen LogP contribution in [-0.4, -0.2) is 22.0 Å². The fraction of sp³-hybridized carbons (Fsp3) is 0.385. The Morgan fingerprint density at radius 1 is 1.07 bits per heavy atom. The fourth-order valence-electron chi connectivity index (χ4n) is 4.50. The molecule has 3 aromatic rings. The van der Waals surface area contributed by atoms with Crippen LogP contribution in [-0.2, 0) is 17.8 Å². The summed E-state index contributed by atoms with van der Waals surface area (Å²) in [5.74, 6) is 0.374. The van der Waals surface area contributed by atoms with E-state index in [2.05, 4.69) is 72.8 Å². The van der Waals surface area contributed by atoms with Gasteiger partial charge in [-0.2, -0.15) is 0 Å². The normalized spacial score (nSPS) is 16.9. The second kappa shape index (κ2) is 8.47. The number of carbonyl (C=O) groups is 1. The number of aryl methyl sites for hydroxylation is 3. The molecule has 4 heteroatoms. The van der Waals surface area contributed by atoms with Gasteiger partial charge in [0.25, 0.3) is 0 Å². The van der Waals surface area contributed by atoms with Crippen molar-refractivity contribution in [2.45, 2.75) is 53.5 Å². The quantitative estimate of drug-likeness (QED) is 0.589. The predicted octanol–water partition coefficient (Wildman–Crippen LogP) is 5.21. The maximum atomic E-state index is 12.6. The van der Waals surface area contributed by atoms with Crippen molar-refractivity contribution in [3.05, 3.63) is 82.4 Å². The molecule has 1 saturated heterocycles. The van der Waals surface area contributed by atoms with Gasteiger partial charge in [-0.25, -0.2) is 4.98 Å². The number of benzene rings is 2. The minimum absolute atomic E-state index is 0.121. The zero-order chi connectivity index (χ0) is 21.3. The van der Waals surface area contributed by atoms with E-state index in [0.717, 1.165) is 49.3 Å². The number of piperidine rings is 1. The molecule has 1 amide bonds. The van der Waals surface area contributed by atoms with Gasteiger partial charge in [-0.1, -0.05) is 48.9 Å². The van der Waals surface area contributed by atoms with Gasteiger partial charge >= 0.3 is 0 Å². The molecule has 1 atom stereocenters. The predicted molar refractivity (Wildman–Crippen MR) is 122 cm³/mol. The summed E-state index contributed by atoms with van der Waals surface area (Å²) in [4.78, 5) is 19.2. The number of imidazole rings is 1. The number of rotatable bonds is 5. The van der Waals surface area contributed by atoms with Gasteiger partial charge in [0.2, 0.25) is 5.91 Å². The highest BCUT2D eigenvalue weighted by molar-refractivity contribution is 5.96. The first-order chi connectivity index (χ1) is 14.4. The van der Waals surface area contributed by atoms with E-state index in [1.807, 2.05) is 18.2 Å². The van der Waals surface area contributed by atoms with Gasteiger partial charge in [-0.15, -0.1) is 0 Å². The van der Waals surface area contributed by atoms with E-state index in [9.17, 15) is 4.79 Å². The largest absolute Gasteiger partial charge is 0.330 e. The highest BCUT2D eigenvalue weighted by Crippen LogP contribution is 2.28. The summed E-state index contributed by atoms with van der Waals surface area (Å²) in [6.45, 7) is 9.97. The molecule has 4 nitrogen and oxygen atoms in total. The molecule has 0 bridgehead atoms. The SMILES string of the molecule is Cc1cccc(Cc2c(C)ncn2Cc2ccc(N3CCCC(C)C3=O)c(C)c2)c1. The molecule has 156 valence electrons. The Morgan fingerprint density at radius 2 is 1.90 bits per heavy atom. The summed E-state index contributed by atoms with van der Waals surface area (Å²) in [5, 5.41) is 0. The van der Waals surface area contributed by atoms with Gasteiger partial charge in [-0.3, -0.25) is 4.79 Å². The molecule has 30 heavy (non-hydrogen) atoms. The van der Waals surface area contributed by atoms with E-state index in [-0.39, 0.29) is 11.8 Å². The third-order valence-electron chi connectivity index (χ3n) is 6.22. The lowest BCUT2D eigenvalue weighted by atomic mass is 9.97. The molecule has 1 fully saturated rings. The van der Waals surface area contributed by atoms with E-state index in [1.165, 1.54) is 22.4 Å².